The summed E-state index contributed by atoms with van der Waals surface area (Å²) in [5, 5.41) is 10.6. The fraction of sp³-hybridized carbons (Fsp3) is 0.417. The molecule has 1 amide bonds. The number of rotatable bonds is 3. The van der Waals surface area contributed by atoms with Crippen LogP contribution in [0, 0.1) is 10.1 Å². The van der Waals surface area contributed by atoms with Crippen molar-refractivity contribution in [1.29, 1.82) is 0 Å². The maximum atomic E-state index is 11.8. The van der Waals surface area contributed by atoms with Gasteiger partial charge in [0, 0.05) is 25.1 Å². The molecule has 1 fully saturated rings. The maximum absolute atomic E-state index is 11.8. The highest BCUT2D eigenvalue weighted by atomic mass is 35.5. The number of carbonyl (C=O) groups excluding carboxylic acids is 1. The number of benzene rings is 1. The minimum Gasteiger partial charge on any atom is -0.310 e. The van der Waals surface area contributed by atoms with Crippen LogP contribution in [0.3, 0.4) is 0 Å². The molecular weight excluding hydrogens is 256 g/mol. The van der Waals surface area contributed by atoms with Crippen LogP contribution in [0.4, 0.5) is 11.4 Å². The second kappa shape index (κ2) is 4.94. The molecule has 1 unspecified atom stereocenters. The lowest BCUT2D eigenvalue weighted by molar-refractivity contribution is -0.384. The summed E-state index contributed by atoms with van der Waals surface area (Å²) < 4.78 is 0. The summed E-state index contributed by atoms with van der Waals surface area (Å²) in [6.45, 7) is 2.36. The molecule has 1 aliphatic heterocycles. The number of nitrogens with zero attached hydrogens (tertiary/aromatic N) is 2. The number of carbonyl (C=O) groups is 1. The predicted molar refractivity (Wildman–Crippen MR) is 69.1 cm³/mol. The van der Waals surface area contributed by atoms with Crippen molar-refractivity contribution in [3.8, 4) is 0 Å². The van der Waals surface area contributed by atoms with Crippen LogP contribution in [-0.4, -0.2) is 22.8 Å². The minimum absolute atomic E-state index is 0.00646. The lowest BCUT2D eigenvalue weighted by atomic mass is 10.1. The number of non-ortho nitro benzene ring substituents is 1. The number of nitro groups is 1. The van der Waals surface area contributed by atoms with Crippen molar-refractivity contribution in [3.63, 3.8) is 0 Å². The molecule has 0 radical (unpaired) electrons. The van der Waals surface area contributed by atoms with Crippen LogP contribution in [0.2, 0.25) is 0 Å². The van der Waals surface area contributed by atoms with Crippen molar-refractivity contribution in [3.05, 3.63) is 33.9 Å². The Morgan fingerprint density at radius 1 is 1.56 bits per heavy atom. The fourth-order valence-corrected chi connectivity index (χ4v) is 2.38. The van der Waals surface area contributed by atoms with Crippen molar-refractivity contribution in [1.82, 2.24) is 0 Å². The Labute approximate surface area is 109 Å². The molecular formula is C12H13ClN2O3. The van der Waals surface area contributed by atoms with Gasteiger partial charge in [-0.25, -0.2) is 0 Å². The third-order valence-corrected chi connectivity index (χ3v) is 3.32. The van der Waals surface area contributed by atoms with E-state index < -0.39 is 4.92 Å². The summed E-state index contributed by atoms with van der Waals surface area (Å²) in [5.41, 5.74) is 1.52. The summed E-state index contributed by atoms with van der Waals surface area (Å²) in [4.78, 5) is 23.7. The zero-order chi connectivity index (χ0) is 13.3. The number of anilines is 1. The van der Waals surface area contributed by atoms with Crippen molar-refractivity contribution in [2.75, 3.05) is 11.4 Å². The van der Waals surface area contributed by atoms with E-state index in [0.29, 0.717) is 18.7 Å². The topological polar surface area (TPSA) is 63.5 Å². The van der Waals surface area contributed by atoms with Crippen molar-refractivity contribution >= 4 is 28.9 Å². The van der Waals surface area contributed by atoms with Crippen LogP contribution in [0.25, 0.3) is 0 Å². The number of nitro benzene ring substituents is 1. The van der Waals surface area contributed by atoms with Crippen LogP contribution in [0.15, 0.2) is 18.2 Å². The minimum atomic E-state index is -0.457. The molecule has 0 aliphatic carbocycles. The lowest BCUT2D eigenvalue weighted by Crippen LogP contribution is -2.25. The maximum Gasteiger partial charge on any atom is 0.271 e. The molecule has 96 valence electrons. The van der Waals surface area contributed by atoms with Crippen molar-refractivity contribution in [2.45, 2.75) is 25.1 Å². The third-order valence-electron chi connectivity index (χ3n) is 3.03. The highest BCUT2D eigenvalue weighted by Gasteiger charge is 2.31. The summed E-state index contributed by atoms with van der Waals surface area (Å²) in [5.74, 6) is -0.0785. The average Bonchev–Trinajstić information content (AvgIpc) is 2.67. The largest absolute Gasteiger partial charge is 0.310 e. The van der Waals surface area contributed by atoms with Gasteiger partial charge in [-0.15, -0.1) is 11.6 Å². The number of amides is 1. The van der Waals surface area contributed by atoms with E-state index in [1.807, 2.05) is 6.92 Å². The molecule has 0 saturated carbocycles. The van der Waals surface area contributed by atoms with E-state index in [9.17, 15) is 14.9 Å². The highest BCUT2D eigenvalue weighted by molar-refractivity contribution is 6.24. The number of hydrogen-bond donors (Lipinski definition) is 0. The zero-order valence-corrected chi connectivity index (χ0v) is 10.7. The van der Waals surface area contributed by atoms with Gasteiger partial charge in [0.2, 0.25) is 5.91 Å². The molecule has 5 nitrogen and oxygen atoms in total. The van der Waals surface area contributed by atoms with E-state index in [1.165, 1.54) is 12.1 Å². The first-order valence-electron chi connectivity index (χ1n) is 5.74. The summed E-state index contributed by atoms with van der Waals surface area (Å²) in [7, 11) is 0. The summed E-state index contributed by atoms with van der Waals surface area (Å²) >= 11 is 5.95. The predicted octanol–water partition coefficient (Wildman–Crippen LogP) is 2.50. The van der Waals surface area contributed by atoms with Gasteiger partial charge in [-0.1, -0.05) is 13.0 Å². The molecule has 1 heterocycles. The van der Waals surface area contributed by atoms with Gasteiger partial charge in [0.15, 0.2) is 0 Å². The van der Waals surface area contributed by atoms with Crippen molar-refractivity contribution < 1.29 is 9.72 Å². The molecule has 0 N–H and O–H groups in total. The van der Waals surface area contributed by atoms with Crippen LogP contribution >= 0.6 is 11.6 Å². The van der Waals surface area contributed by atoms with Crippen LogP contribution in [0.5, 0.6) is 0 Å². The van der Waals surface area contributed by atoms with E-state index in [1.54, 1.807) is 11.0 Å². The summed E-state index contributed by atoms with van der Waals surface area (Å²) in [6.07, 6.45) is 0.997. The zero-order valence-electron chi connectivity index (χ0n) is 9.93. The Morgan fingerprint density at radius 3 is 2.78 bits per heavy atom. The van der Waals surface area contributed by atoms with E-state index >= 15 is 0 Å². The molecule has 1 aliphatic rings. The van der Waals surface area contributed by atoms with E-state index in [2.05, 4.69) is 0 Å². The Hall–Kier alpha value is -1.62. The molecule has 1 atom stereocenters. The fourth-order valence-electron chi connectivity index (χ4n) is 2.11. The highest BCUT2D eigenvalue weighted by Crippen LogP contribution is 2.31. The molecule has 0 spiro atoms. The average molecular weight is 269 g/mol. The van der Waals surface area contributed by atoms with Gasteiger partial charge in [-0.05, 0) is 12.0 Å². The number of alkyl halides is 1. The summed E-state index contributed by atoms with van der Waals surface area (Å²) in [6, 6.07) is 4.61. The standard InChI is InChI=1S/C12H13ClN2O3/c1-2-8-3-4-10(15(17)18)6-11(8)14-7-9(13)5-12(14)16/h3-4,6,9H,2,5,7H2,1H3. The molecule has 0 bridgehead atoms. The van der Waals surface area contributed by atoms with Gasteiger partial charge < -0.3 is 4.90 Å². The van der Waals surface area contributed by atoms with Gasteiger partial charge >= 0.3 is 0 Å². The Bertz CT molecular complexity index is 504. The van der Waals surface area contributed by atoms with Gasteiger partial charge in [-0.3, -0.25) is 14.9 Å². The van der Waals surface area contributed by atoms with Crippen molar-refractivity contribution in [2.24, 2.45) is 0 Å². The molecule has 1 aromatic carbocycles. The van der Waals surface area contributed by atoms with Gasteiger partial charge in [0.1, 0.15) is 0 Å². The van der Waals surface area contributed by atoms with Gasteiger partial charge in [0.25, 0.3) is 5.69 Å². The third kappa shape index (κ3) is 2.31. The van der Waals surface area contributed by atoms with E-state index in [4.69, 9.17) is 11.6 Å². The van der Waals surface area contributed by atoms with E-state index in [0.717, 1.165) is 5.56 Å². The smallest absolute Gasteiger partial charge is 0.271 e. The van der Waals surface area contributed by atoms with Crippen LogP contribution in [0.1, 0.15) is 18.9 Å². The first kappa shape index (κ1) is 12.8. The molecule has 1 aromatic rings. The monoisotopic (exact) mass is 268 g/mol. The molecule has 0 aromatic heterocycles. The molecule has 2 rings (SSSR count). The lowest BCUT2D eigenvalue weighted by Gasteiger charge is -2.19. The molecule has 1 saturated heterocycles. The Balaban J connectivity index is 2.44. The van der Waals surface area contributed by atoms with E-state index in [-0.39, 0.29) is 23.4 Å². The first-order chi connectivity index (χ1) is 8.52. The second-order valence-electron chi connectivity index (χ2n) is 4.23. The van der Waals surface area contributed by atoms with Crippen LogP contribution < -0.4 is 4.90 Å². The number of hydrogen-bond acceptors (Lipinski definition) is 3. The Kier molecular flexibility index (Phi) is 3.52. The second-order valence-corrected chi connectivity index (χ2v) is 4.85. The number of aryl methyl sites for hydroxylation is 1. The van der Waals surface area contributed by atoms with Gasteiger partial charge in [-0.2, -0.15) is 0 Å². The van der Waals surface area contributed by atoms with Gasteiger partial charge in [0.05, 0.1) is 16.0 Å². The van der Waals surface area contributed by atoms with Crippen LogP contribution in [-0.2, 0) is 11.2 Å². The first-order valence-corrected chi connectivity index (χ1v) is 6.18. The molecule has 6 heteroatoms. The Morgan fingerprint density at radius 2 is 2.28 bits per heavy atom. The molecule has 18 heavy (non-hydrogen) atoms. The SMILES string of the molecule is CCc1ccc([N+](=O)[O-])cc1N1CC(Cl)CC1=O. The normalized spacial score (nSPS) is 19.3. The quantitative estimate of drug-likeness (QED) is 0.481. The number of halogens is 1.